The molecule has 0 unspecified atom stereocenters. The van der Waals surface area contributed by atoms with Crippen molar-refractivity contribution in [3.8, 4) is 0 Å². The number of sulfonamides is 1. The first-order chi connectivity index (χ1) is 9.85. The van der Waals surface area contributed by atoms with Crippen molar-refractivity contribution < 1.29 is 18.3 Å². The highest BCUT2D eigenvalue weighted by Gasteiger charge is 2.21. The van der Waals surface area contributed by atoms with Gasteiger partial charge in [-0.15, -0.1) is 10.2 Å². The number of hydrogen-bond acceptors (Lipinski definition) is 5. The van der Waals surface area contributed by atoms with Gasteiger partial charge >= 0.3 is 5.97 Å². The first-order valence-electron chi connectivity index (χ1n) is 6.11. The number of nitrogens with one attached hydrogen (secondary N) is 1. The maximum absolute atomic E-state index is 12.2. The van der Waals surface area contributed by atoms with Gasteiger partial charge in [-0.2, -0.15) is 0 Å². The SMILES string of the molecule is CCn1cc(S(=O)(=O)NCc2nncn2C)cc1C(=O)O. The first kappa shape index (κ1) is 15.2. The molecule has 0 aliphatic rings. The molecule has 21 heavy (non-hydrogen) atoms. The number of hydrogen-bond donors (Lipinski definition) is 2. The van der Waals surface area contributed by atoms with Gasteiger partial charge in [-0.05, 0) is 13.0 Å². The minimum atomic E-state index is -3.81. The zero-order valence-corrected chi connectivity index (χ0v) is 12.3. The summed E-state index contributed by atoms with van der Waals surface area (Å²) < 4.78 is 29.6. The molecular formula is C11H15N5O4S. The molecule has 0 atom stereocenters. The van der Waals surface area contributed by atoms with Crippen LogP contribution in [0, 0.1) is 0 Å². The summed E-state index contributed by atoms with van der Waals surface area (Å²) >= 11 is 0. The standard InChI is InChI=1S/C11H15N5O4S/c1-3-16-6-8(4-9(16)11(17)18)21(19,20)13-5-10-14-12-7-15(10)2/h4,6-7,13H,3,5H2,1-2H3,(H,17,18). The second-order valence-electron chi connectivity index (χ2n) is 4.33. The van der Waals surface area contributed by atoms with Crippen LogP contribution in [0.25, 0.3) is 0 Å². The van der Waals surface area contributed by atoms with Gasteiger partial charge in [0.2, 0.25) is 10.0 Å². The average molecular weight is 313 g/mol. The van der Waals surface area contributed by atoms with Crippen molar-refractivity contribution in [2.45, 2.75) is 24.9 Å². The summed E-state index contributed by atoms with van der Waals surface area (Å²) in [5, 5.41) is 16.4. The number of nitrogens with zero attached hydrogens (tertiary/aromatic N) is 4. The topological polar surface area (TPSA) is 119 Å². The van der Waals surface area contributed by atoms with Gasteiger partial charge in [0.1, 0.15) is 22.7 Å². The van der Waals surface area contributed by atoms with Gasteiger partial charge in [-0.1, -0.05) is 0 Å². The van der Waals surface area contributed by atoms with Crippen molar-refractivity contribution in [3.63, 3.8) is 0 Å². The first-order valence-corrected chi connectivity index (χ1v) is 7.59. The molecule has 0 radical (unpaired) electrons. The number of carboxylic acid groups (broad SMARTS) is 1. The molecule has 0 aliphatic carbocycles. The summed E-state index contributed by atoms with van der Waals surface area (Å²) in [7, 11) is -2.12. The maximum atomic E-state index is 12.2. The summed E-state index contributed by atoms with van der Waals surface area (Å²) in [5.74, 6) is -0.724. The number of carbonyl (C=O) groups is 1. The van der Waals surface area contributed by atoms with Crippen molar-refractivity contribution in [1.29, 1.82) is 0 Å². The van der Waals surface area contributed by atoms with Gasteiger partial charge in [0, 0.05) is 19.8 Å². The number of aryl methyl sites for hydroxylation is 2. The Hall–Kier alpha value is -2.20. The molecule has 2 heterocycles. The van der Waals surface area contributed by atoms with Crippen LogP contribution in [0.3, 0.4) is 0 Å². The number of aromatic nitrogens is 4. The van der Waals surface area contributed by atoms with Gasteiger partial charge in [-0.3, -0.25) is 0 Å². The summed E-state index contributed by atoms with van der Waals surface area (Å²) in [5.41, 5.74) is -0.0727. The molecule has 10 heteroatoms. The average Bonchev–Trinajstić information content (AvgIpc) is 3.02. The molecule has 0 saturated carbocycles. The van der Waals surface area contributed by atoms with E-state index in [0.29, 0.717) is 12.4 Å². The molecule has 114 valence electrons. The van der Waals surface area contributed by atoms with Gasteiger partial charge in [0.25, 0.3) is 0 Å². The lowest BCUT2D eigenvalue weighted by molar-refractivity contribution is 0.0685. The van der Waals surface area contributed by atoms with E-state index in [1.807, 2.05) is 0 Å². The molecule has 0 aromatic carbocycles. The van der Waals surface area contributed by atoms with E-state index in [1.165, 1.54) is 17.1 Å². The Morgan fingerprint density at radius 1 is 1.48 bits per heavy atom. The van der Waals surface area contributed by atoms with Crippen molar-refractivity contribution in [2.75, 3.05) is 0 Å². The summed E-state index contributed by atoms with van der Waals surface area (Å²) in [4.78, 5) is 11.0. The lowest BCUT2D eigenvalue weighted by Gasteiger charge is -2.04. The van der Waals surface area contributed by atoms with Crippen LogP contribution in [-0.2, 0) is 30.2 Å². The van der Waals surface area contributed by atoms with Crippen LogP contribution in [0.1, 0.15) is 23.2 Å². The monoisotopic (exact) mass is 313 g/mol. The Labute approximate surface area is 121 Å². The molecule has 0 saturated heterocycles. The van der Waals surface area contributed by atoms with E-state index in [0.717, 1.165) is 6.07 Å². The van der Waals surface area contributed by atoms with E-state index in [-0.39, 0.29) is 17.1 Å². The number of rotatable bonds is 6. The molecule has 2 aromatic rings. The highest BCUT2D eigenvalue weighted by molar-refractivity contribution is 7.89. The lowest BCUT2D eigenvalue weighted by Crippen LogP contribution is -2.24. The van der Waals surface area contributed by atoms with Crippen LogP contribution in [0.15, 0.2) is 23.5 Å². The Balaban J connectivity index is 2.23. The molecule has 9 nitrogen and oxygen atoms in total. The van der Waals surface area contributed by atoms with Gasteiger partial charge in [0.05, 0.1) is 6.54 Å². The van der Waals surface area contributed by atoms with Gasteiger partial charge in [-0.25, -0.2) is 17.9 Å². The summed E-state index contributed by atoms with van der Waals surface area (Å²) in [6.45, 7) is 2.06. The van der Waals surface area contributed by atoms with Crippen LogP contribution < -0.4 is 4.72 Å². The van der Waals surface area contributed by atoms with Gasteiger partial charge < -0.3 is 14.2 Å². The maximum Gasteiger partial charge on any atom is 0.352 e. The predicted octanol–water partition coefficient (Wildman–Crippen LogP) is -0.187. The van der Waals surface area contributed by atoms with E-state index < -0.39 is 16.0 Å². The molecule has 0 bridgehead atoms. The fourth-order valence-electron chi connectivity index (χ4n) is 1.78. The molecule has 2 aromatic heterocycles. The molecule has 0 aliphatic heterocycles. The predicted molar refractivity (Wildman–Crippen MR) is 72.1 cm³/mol. The molecule has 0 fully saturated rings. The summed E-state index contributed by atoms with van der Waals surface area (Å²) in [6.07, 6.45) is 2.75. The van der Waals surface area contributed by atoms with Crippen molar-refractivity contribution >= 4 is 16.0 Å². The minimum absolute atomic E-state index is 0.0292. The second kappa shape index (κ2) is 5.66. The van der Waals surface area contributed by atoms with Crippen LogP contribution in [-0.4, -0.2) is 38.8 Å². The molecule has 2 rings (SSSR count). The Kier molecular flexibility index (Phi) is 4.09. The fraction of sp³-hybridized carbons (Fsp3) is 0.364. The van der Waals surface area contributed by atoms with Crippen molar-refractivity contribution in [3.05, 3.63) is 30.1 Å². The Bertz CT molecular complexity index is 761. The van der Waals surface area contributed by atoms with Gasteiger partial charge in [0.15, 0.2) is 0 Å². The second-order valence-corrected chi connectivity index (χ2v) is 6.10. The largest absolute Gasteiger partial charge is 0.477 e. The Morgan fingerprint density at radius 2 is 2.19 bits per heavy atom. The van der Waals surface area contributed by atoms with Crippen LogP contribution in [0.2, 0.25) is 0 Å². The number of aromatic carboxylic acids is 1. The molecule has 0 amide bonds. The van der Waals surface area contributed by atoms with Crippen LogP contribution in [0.5, 0.6) is 0 Å². The summed E-state index contributed by atoms with van der Waals surface area (Å²) in [6, 6.07) is 1.13. The van der Waals surface area contributed by atoms with Crippen molar-refractivity contribution in [2.24, 2.45) is 7.05 Å². The third-order valence-corrected chi connectivity index (χ3v) is 4.34. The number of carboxylic acids is 1. The van der Waals surface area contributed by atoms with E-state index in [1.54, 1.807) is 18.5 Å². The molecule has 2 N–H and O–H groups in total. The molecule has 0 spiro atoms. The normalized spacial score (nSPS) is 11.7. The highest BCUT2D eigenvalue weighted by atomic mass is 32.2. The van der Waals surface area contributed by atoms with E-state index >= 15 is 0 Å². The quantitative estimate of drug-likeness (QED) is 0.763. The zero-order valence-electron chi connectivity index (χ0n) is 11.5. The molecular weight excluding hydrogens is 298 g/mol. The lowest BCUT2D eigenvalue weighted by atomic mass is 10.4. The third-order valence-electron chi connectivity index (χ3n) is 2.97. The zero-order chi connectivity index (χ0) is 15.6. The minimum Gasteiger partial charge on any atom is -0.477 e. The smallest absolute Gasteiger partial charge is 0.352 e. The Morgan fingerprint density at radius 3 is 2.67 bits per heavy atom. The fourth-order valence-corrected chi connectivity index (χ4v) is 2.80. The van der Waals surface area contributed by atoms with E-state index in [4.69, 9.17) is 5.11 Å². The van der Waals surface area contributed by atoms with Crippen LogP contribution in [0.4, 0.5) is 0 Å². The van der Waals surface area contributed by atoms with Crippen LogP contribution >= 0.6 is 0 Å². The third kappa shape index (κ3) is 3.11. The van der Waals surface area contributed by atoms with E-state index in [2.05, 4.69) is 14.9 Å². The highest BCUT2D eigenvalue weighted by Crippen LogP contribution is 2.15. The van der Waals surface area contributed by atoms with E-state index in [9.17, 15) is 13.2 Å². The van der Waals surface area contributed by atoms with Crippen molar-refractivity contribution in [1.82, 2.24) is 24.1 Å².